The summed E-state index contributed by atoms with van der Waals surface area (Å²) < 4.78 is 15.0. The van der Waals surface area contributed by atoms with Crippen molar-refractivity contribution in [1.82, 2.24) is 4.98 Å². The van der Waals surface area contributed by atoms with Gasteiger partial charge in [0.05, 0.1) is 6.61 Å². The zero-order chi connectivity index (χ0) is 11.8. The Labute approximate surface area is 102 Å². The van der Waals surface area contributed by atoms with Crippen LogP contribution in [-0.2, 0) is 20.8 Å². The first-order valence-corrected chi connectivity index (χ1v) is 5.40. The van der Waals surface area contributed by atoms with Gasteiger partial charge >= 0.3 is 6.16 Å². The van der Waals surface area contributed by atoms with Crippen molar-refractivity contribution < 1.29 is 19.0 Å². The van der Waals surface area contributed by atoms with E-state index in [4.69, 9.17) is 14.2 Å². The molecule has 0 unspecified atom stereocenters. The van der Waals surface area contributed by atoms with Crippen LogP contribution in [0.25, 0.3) is 0 Å². The van der Waals surface area contributed by atoms with E-state index in [1.54, 1.807) is 18.3 Å². The van der Waals surface area contributed by atoms with E-state index in [1.165, 1.54) is 7.11 Å². The first-order chi connectivity index (χ1) is 7.72. The normalized spacial score (nSPS) is 9.88. The maximum Gasteiger partial charge on any atom is 0.508 e. The van der Waals surface area contributed by atoms with E-state index < -0.39 is 6.16 Å². The molecule has 0 amide bonds. The van der Waals surface area contributed by atoms with Crippen molar-refractivity contribution >= 4 is 22.1 Å². The third-order valence-corrected chi connectivity index (χ3v) is 2.12. The zero-order valence-electron chi connectivity index (χ0n) is 8.81. The smallest absolute Gasteiger partial charge is 0.432 e. The fourth-order valence-electron chi connectivity index (χ4n) is 0.884. The molecule has 0 radical (unpaired) electrons. The molecule has 0 saturated carbocycles. The van der Waals surface area contributed by atoms with Gasteiger partial charge in [0.15, 0.2) is 0 Å². The lowest BCUT2D eigenvalue weighted by Crippen LogP contribution is -2.11. The molecule has 0 aliphatic carbocycles. The molecular formula is C10H12BrNO4. The highest BCUT2D eigenvalue weighted by atomic mass is 79.9. The zero-order valence-corrected chi connectivity index (χ0v) is 10.4. The largest absolute Gasteiger partial charge is 0.508 e. The standard InChI is InChI=1S/C10H12BrNO4/c1-14-4-5-15-10(13)16-7-8-2-3-9(11)12-6-8/h2-3,6H,4-5,7H2,1H3. The third kappa shape index (κ3) is 5.09. The summed E-state index contributed by atoms with van der Waals surface area (Å²) in [6.07, 6.45) is 0.909. The Balaban J connectivity index is 2.23. The number of carbonyl (C=O) groups excluding carboxylic acids is 1. The number of methoxy groups -OCH3 is 1. The molecule has 0 fully saturated rings. The number of aromatic nitrogens is 1. The van der Waals surface area contributed by atoms with Crippen molar-refractivity contribution in [3.05, 3.63) is 28.5 Å². The monoisotopic (exact) mass is 289 g/mol. The highest BCUT2D eigenvalue weighted by Crippen LogP contribution is 2.07. The predicted molar refractivity (Wildman–Crippen MR) is 60.0 cm³/mol. The van der Waals surface area contributed by atoms with Crippen LogP contribution in [0.15, 0.2) is 22.9 Å². The Bertz CT molecular complexity index is 328. The van der Waals surface area contributed by atoms with Crippen LogP contribution in [0.3, 0.4) is 0 Å². The fourth-order valence-corrected chi connectivity index (χ4v) is 1.12. The van der Waals surface area contributed by atoms with Gasteiger partial charge in [-0.3, -0.25) is 0 Å². The maximum absolute atomic E-state index is 11.0. The van der Waals surface area contributed by atoms with Gasteiger partial charge in [0.1, 0.15) is 17.8 Å². The third-order valence-electron chi connectivity index (χ3n) is 1.65. The molecule has 0 bridgehead atoms. The molecule has 0 aliphatic rings. The highest BCUT2D eigenvalue weighted by molar-refractivity contribution is 9.10. The number of nitrogens with zero attached hydrogens (tertiary/aromatic N) is 1. The first-order valence-electron chi connectivity index (χ1n) is 4.61. The number of carbonyl (C=O) groups is 1. The number of halogens is 1. The fraction of sp³-hybridized carbons (Fsp3) is 0.400. The van der Waals surface area contributed by atoms with Crippen LogP contribution in [0.1, 0.15) is 5.56 Å². The van der Waals surface area contributed by atoms with Crippen LogP contribution in [0.5, 0.6) is 0 Å². The topological polar surface area (TPSA) is 57.7 Å². The summed E-state index contributed by atoms with van der Waals surface area (Å²) in [6.45, 7) is 0.689. The van der Waals surface area contributed by atoms with Crippen molar-refractivity contribution in [2.45, 2.75) is 6.61 Å². The molecule has 0 spiro atoms. The van der Waals surface area contributed by atoms with Crippen molar-refractivity contribution in [3.8, 4) is 0 Å². The van der Waals surface area contributed by atoms with E-state index in [9.17, 15) is 4.79 Å². The van der Waals surface area contributed by atoms with Gasteiger partial charge in [0.2, 0.25) is 0 Å². The SMILES string of the molecule is COCCOC(=O)OCc1ccc(Br)nc1. The summed E-state index contributed by atoms with van der Waals surface area (Å²) >= 11 is 3.21. The number of pyridine rings is 1. The summed E-state index contributed by atoms with van der Waals surface area (Å²) in [5.74, 6) is 0. The molecule has 0 aromatic carbocycles. The van der Waals surface area contributed by atoms with Crippen LogP contribution in [-0.4, -0.2) is 31.5 Å². The van der Waals surface area contributed by atoms with Gasteiger partial charge in [0.25, 0.3) is 0 Å². The molecule has 16 heavy (non-hydrogen) atoms. The van der Waals surface area contributed by atoms with Gasteiger partial charge in [-0.1, -0.05) is 6.07 Å². The number of hydrogen-bond acceptors (Lipinski definition) is 5. The maximum atomic E-state index is 11.0. The average Bonchev–Trinajstić information content (AvgIpc) is 2.29. The molecule has 5 nitrogen and oxygen atoms in total. The summed E-state index contributed by atoms with van der Waals surface area (Å²) in [6, 6.07) is 3.58. The predicted octanol–water partition coefficient (Wildman–Crippen LogP) is 2.14. The second-order valence-corrected chi connectivity index (χ2v) is 3.68. The van der Waals surface area contributed by atoms with E-state index in [2.05, 4.69) is 20.9 Å². The van der Waals surface area contributed by atoms with Crippen LogP contribution >= 0.6 is 15.9 Å². The Morgan fingerprint density at radius 3 is 2.81 bits per heavy atom. The lowest BCUT2D eigenvalue weighted by Gasteiger charge is -2.05. The molecule has 88 valence electrons. The molecule has 1 rings (SSSR count). The Morgan fingerprint density at radius 1 is 1.38 bits per heavy atom. The second-order valence-electron chi connectivity index (χ2n) is 2.87. The van der Waals surface area contributed by atoms with E-state index in [0.29, 0.717) is 6.61 Å². The lowest BCUT2D eigenvalue weighted by molar-refractivity contribution is 0.0322. The second kappa shape index (κ2) is 7.19. The minimum absolute atomic E-state index is 0.145. The molecule has 6 heteroatoms. The summed E-state index contributed by atoms with van der Waals surface area (Å²) in [5, 5.41) is 0. The minimum Gasteiger partial charge on any atom is -0.432 e. The number of rotatable bonds is 5. The Morgan fingerprint density at radius 2 is 2.19 bits per heavy atom. The molecule has 1 aromatic rings. The Kier molecular flexibility index (Phi) is 5.81. The number of ether oxygens (including phenoxy) is 3. The van der Waals surface area contributed by atoms with E-state index >= 15 is 0 Å². The van der Waals surface area contributed by atoms with Crippen molar-refractivity contribution in [2.24, 2.45) is 0 Å². The molecule has 0 aliphatic heterocycles. The quantitative estimate of drug-likeness (QED) is 0.472. The van der Waals surface area contributed by atoms with Crippen molar-refractivity contribution in [3.63, 3.8) is 0 Å². The first kappa shape index (κ1) is 12.9. The van der Waals surface area contributed by atoms with Gasteiger partial charge < -0.3 is 14.2 Å². The molecule has 0 N–H and O–H groups in total. The van der Waals surface area contributed by atoms with Crippen LogP contribution < -0.4 is 0 Å². The van der Waals surface area contributed by atoms with Crippen LogP contribution in [0.4, 0.5) is 4.79 Å². The van der Waals surface area contributed by atoms with E-state index in [-0.39, 0.29) is 13.2 Å². The van der Waals surface area contributed by atoms with Gasteiger partial charge in [-0.15, -0.1) is 0 Å². The van der Waals surface area contributed by atoms with Crippen LogP contribution in [0.2, 0.25) is 0 Å². The van der Waals surface area contributed by atoms with Crippen LogP contribution in [0, 0.1) is 0 Å². The van der Waals surface area contributed by atoms with E-state index in [0.717, 1.165) is 10.2 Å². The highest BCUT2D eigenvalue weighted by Gasteiger charge is 2.04. The molecule has 0 atom stereocenters. The lowest BCUT2D eigenvalue weighted by atomic mass is 10.3. The van der Waals surface area contributed by atoms with Gasteiger partial charge in [0, 0.05) is 18.9 Å². The molecular weight excluding hydrogens is 278 g/mol. The average molecular weight is 290 g/mol. The summed E-state index contributed by atoms with van der Waals surface area (Å²) in [4.78, 5) is 15.0. The summed E-state index contributed by atoms with van der Waals surface area (Å²) in [7, 11) is 1.53. The van der Waals surface area contributed by atoms with E-state index in [1.807, 2.05) is 0 Å². The summed E-state index contributed by atoms with van der Waals surface area (Å²) in [5.41, 5.74) is 0.798. The van der Waals surface area contributed by atoms with Crippen molar-refractivity contribution in [1.29, 1.82) is 0 Å². The minimum atomic E-state index is -0.708. The number of hydrogen-bond donors (Lipinski definition) is 0. The molecule has 1 aromatic heterocycles. The molecule has 0 saturated heterocycles. The van der Waals surface area contributed by atoms with Crippen molar-refractivity contribution in [2.75, 3.05) is 20.3 Å². The van der Waals surface area contributed by atoms with Gasteiger partial charge in [-0.2, -0.15) is 0 Å². The molecule has 1 heterocycles. The van der Waals surface area contributed by atoms with Gasteiger partial charge in [-0.25, -0.2) is 9.78 Å². The Hall–Kier alpha value is -1.14. The van der Waals surface area contributed by atoms with Gasteiger partial charge in [-0.05, 0) is 22.0 Å².